The lowest BCUT2D eigenvalue weighted by atomic mass is 9.95. The number of carbonyl (C=O) groups excluding carboxylic acids is 1. The van der Waals surface area contributed by atoms with Gasteiger partial charge in [0.1, 0.15) is 5.69 Å². The van der Waals surface area contributed by atoms with Crippen LogP contribution in [-0.4, -0.2) is 36.0 Å². The Hall–Kier alpha value is -4.85. The Morgan fingerprint density at radius 3 is 2.41 bits per heavy atom. The molecule has 0 fully saturated rings. The molecule has 8 heteroatoms. The number of fused-ring (bicyclic) bond motifs is 2. The van der Waals surface area contributed by atoms with Gasteiger partial charge in [-0.2, -0.15) is 5.10 Å². The first-order valence-electron chi connectivity index (χ1n) is 12.0. The fourth-order valence-electron chi connectivity index (χ4n) is 4.30. The van der Waals surface area contributed by atoms with Gasteiger partial charge in [0.05, 0.1) is 28.8 Å². The molecule has 0 aliphatic carbocycles. The van der Waals surface area contributed by atoms with Gasteiger partial charge >= 0.3 is 0 Å². The summed E-state index contributed by atoms with van der Waals surface area (Å²) in [6.07, 6.45) is 8.80. The van der Waals surface area contributed by atoms with E-state index in [0.717, 1.165) is 55.6 Å². The van der Waals surface area contributed by atoms with Crippen LogP contribution < -0.4 is 5.32 Å². The number of amides is 1. The van der Waals surface area contributed by atoms with Crippen molar-refractivity contribution >= 4 is 33.4 Å². The molecule has 6 rings (SSSR count). The van der Waals surface area contributed by atoms with E-state index in [2.05, 4.69) is 47.6 Å². The third-order valence-electron chi connectivity index (χ3n) is 6.33. The molecule has 0 saturated heterocycles. The zero-order valence-electron chi connectivity index (χ0n) is 20.7. The van der Waals surface area contributed by atoms with Gasteiger partial charge in [-0.25, -0.2) is 0 Å². The van der Waals surface area contributed by atoms with Crippen LogP contribution in [0.5, 0.6) is 0 Å². The molecule has 0 spiro atoms. The normalized spacial score (nSPS) is 11.8. The van der Waals surface area contributed by atoms with Crippen molar-refractivity contribution in [3.05, 3.63) is 79.5 Å². The third kappa shape index (κ3) is 4.23. The Balaban J connectivity index is 1.40. The van der Waals surface area contributed by atoms with Gasteiger partial charge in [0.25, 0.3) is 0 Å². The number of nitrogens with zero attached hydrogens (tertiary/aromatic N) is 4. The van der Waals surface area contributed by atoms with Crippen LogP contribution in [0, 0.1) is 5.41 Å². The maximum Gasteiger partial charge on any atom is 0.229 e. The maximum absolute atomic E-state index is 12.4. The summed E-state index contributed by atoms with van der Waals surface area (Å²) in [7, 11) is 0. The molecule has 0 saturated carbocycles. The highest BCUT2D eigenvalue weighted by atomic mass is 16.2. The topological polar surface area (TPSA) is 112 Å². The lowest BCUT2D eigenvalue weighted by molar-refractivity contribution is -0.123. The third-order valence-corrected chi connectivity index (χ3v) is 6.33. The van der Waals surface area contributed by atoms with Crippen LogP contribution in [0.4, 0.5) is 5.69 Å². The van der Waals surface area contributed by atoms with E-state index in [4.69, 9.17) is 0 Å². The lowest BCUT2D eigenvalue weighted by Crippen LogP contribution is -2.27. The van der Waals surface area contributed by atoms with E-state index in [1.165, 1.54) is 0 Å². The van der Waals surface area contributed by atoms with Crippen LogP contribution in [0.15, 0.2) is 79.5 Å². The summed E-state index contributed by atoms with van der Waals surface area (Å²) in [5.41, 5.74) is 7.57. The van der Waals surface area contributed by atoms with Gasteiger partial charge in [0.2, 0.25) is 5.91 Å². The molecule has 0 unspecified atom stereocenters. The second-order valence-corrected chi connectivity index (χ2v) is 10.0. The Bertz CT molecular complexity index is 1760. The van der Waals surface area contributed by atoms with E-state index in [1.54, 1.807) is 31.0 Å². The Morgan fingerprint density at radius 1 is 0.784 bits per heavy atom. The minimum absolute atomic E-state index is 0.0570. The van der Waals surface area contributed by atoms with Crippen molar-refractivity contribution in [2.45, 2.75) is 20.8 Å². The van der Waals surface area contributed by atoms with E-state index in [0.29, 0.717) is 5.69 Å². The molecule has 0 aliphatic rings. The number of anilines is 1. The number of H-pyrrole nitrogens is 2. The highest BCUT2D eigenvalue weighted by Crippen LogP contribution is 2.34. The predicted molar refractivity (Wildman–Crippen MR) is 146 cm³/mol. The summed E-state index contributed by atoms with van der Waals surface area (Å²) in [5, 5.41) is 12.7. The number of pyridine rings is 3. The minimum atomic E-state index is -0.493. The molecule has 1 amide bonds. The van der Waals surface area contributed by atoms with Crippen LogP contribution in [0.1, 0.15) is 20.8 Å². The van der Waals surface area contributed by atoms with Crippen molar-refractivity contribution < 1.29 is 4.79 Å². The Kier molecular flexibility index (Phi) is 5.30. The summed E-state index contributed by atoms with van der Waals surface area (Å²) in [6, 6.07) is 16.0. The lowest BCUT2D eigenvalue weighted by Gasteiger charge is -2.17. The molecule has 6 aromatic rings. The molecule has 0 aliphatic heterocycles. The first-order valence-corrected chi connectivity index (χ1v) is 12.0. The fourth-order valence-corrected chi connectivity index (χ4v) is 4.30. The number of hydrogen-bond acceptors (Lipinski definition) is 5. The maximum atomic E-state index is 12.4. The molecule has 3 N–H and O–H groups in total. The SMILES string of the molecule is CC(C)(C)C(=O)Nc1cncc(-c2ccc3[nH]nc(-c4cc5c(-c6ccncc6)nccc5[nH]4)c3c2)c1. The van der Waals surface area contributed by atoms with Gasteiger partial charge in [0, 0.05) is 57.6 Å². The molecule has 0 bridgehead atoms. The smallest absolute Gasteiger partial charge is 0.229 e. The van der Waals surface area contributed by atoms with Crippen molar-refractivity contribution in [3.8, 4) is 33.8 Å². The van der Waals surface area contributed by atoms with Crippen LogP contribution in [0.2, 0.25) is 0 Å². The van der Waals surface area contributed by atoms with Gasteiger partial charge in [0.15, 0.2) is 0 Å². The van der Waals surface area contributed by atoms with E-state index in [-0.39, 0.29) is 5.91 Å². The first kappa shape index (κ1) is 22.6. The van der Waals surface area contributed by atoms with Gasteiger partial charge in [-0.05, 0) is 48.0 Å². The molecular formula is C29H25N7O. The number of benzene rings is 1. The monoisotopic (exact) mass is 487 g/mol. The predicted octanol–water partition coefficient (Wildman–Crippen LogP) is 6.21. The first-order chi connectivity index (χ1) is 17.9. The number of aromatic nitrogens is 6. The van der Waals surface area contributed by atoms with Crippen molar-refractivity contribution in [2.75, 3.05) is 5.32 Å². The van der Waals surface area contributed by atoms with Gasteiger partial charge in [-0.3, -0.25) is 24.8 Å². The summed E-state index contributed by atoms with van der Waals surface area (Å²) < 4.78 is 0. The number of carbonyl (C=O) groups is 1. The van der Waals surface area contributed by atoms with Crippen LogP contribution in [-0.2, 0) is 4.79 Å². The van der Waals surface area contributed by atoms with Crippen molar-refractivity contribution in [1.82, 2.24) is 30.1 Å². The minimum Gasteiger partial charge on any atom is -0.353 e. The summed E-state index contributed by atoms with van der Waals surface area (Å²) in [5.74, 6) is -0.0570. The largest absolute Gasteiger partial charge is 0.353 e. The average molecular weight is 488 g/mol. The number of hydrogen-bond donors (Lipinski definition) is 3. The summed E-state index contributed by atoms with van der Waals surface area (Å²) in [4.78, 5) is 29.1. The van der Waals surface area contributed by atoms with Crippen molar-refractivity contribution in [2.24, 2.45) is 5.41 Å². The Morgan fingerprint density at radius 2 is 1.59 bits per heavy atom. The van der Waals surface area contributed by atoms with Crippen LogP contribution in [0.3, 0.4) is 0 Å². The second kappa shape index (κ2) is 8.67. The standard InChI is InChI=1S/C29H25N7O/c1-29(2,3)28(37)33-20-12-19(15-31-16-20)18-4-5-24-21(13-18)27(36-35-24)25-14-22-23(34-25)8-11-32-26(22)17-6-9-30-10-7-17/h4-16,34H,1-3H3,(H,33,37)(H,35,36). The zero-order valence-corrected chi connectivity index (χ0v) is 20.7. The van der Waals surface area contributed by atoms with Gasteiger partial charge in [-0.15, -0.1) is 0 Å². The molecule has 5 aromatic heterocycles. The molecule has 1 aromatic carbocycles. The van der Waals surface area contributed by atoms with Gasteiger partial charge < -0.3 is 10.3 Å². The Labute approximate surface area is 213 Å². The van der Waals surface area contributed by atoms with Crippen molar-refractivity contribution in [1.29, 1.82) is 0 Å². The van der Waals surface area contributed by atoms with Crippen molar-refractivity contribution in [3.63, 3.8) is 0 Å². The molecular weight excluding hydrogens is 462 g/mol. The molecule has 0 radical (unpaired) electrons. The number of nitrogens with one attached hydrogen (secondary N) is 3. The summed E-state index contributed by atoms with van der Waals surface area (Å²) in [6.45, 7) is 5.65. The van der Waals surface area contributed by atoms with E-state index < -0.39 is 5.41 Å². The quantitative estimate of drug-likeness (QED) is 0.273. The fraction of sp³-hybridized carbons (Fsp3) is 0.138. The van der Waals surface area contributed by atoms with Crippen LogP contribution >= 0.6 is 0 Å². The van der Waals surface area contributed by atoms with Crippen LogP contribution in [0.25, 0.3) is 55.6 Å². The average Bonchev–Trinajstić information content (AvgIpc) is 3.52. The molecule has 8 nitrogen and oxygen atoms in total. The number of rotatable bonds is 4. The molecule has 5 heterocycles. The van der Waals surface area contributed by atoms with E-state index in [1.807, 2.05) is 57.2 Å². The number of aromatic amines is 2. The summed E-state index contributed by atoms with van der Waals surface area (Å²) >= 11 is 0. The molecule has 37 heavy (non-hydrogen) atoms. The highest BCUT2D eigenvalue weighted by molar-refractivity contribution is 6.01. The molecule has 0 atom stereocenters. The molecule has 182 valence electrons. The highest BCUT2D eigenvalue weighted by Gasteiger charge is 2.21. The van der Waals surface area contributed by atoms with E-state index >= 15 is 0 Å². The second-order valence-electron chi connectivity index (χ2n) is 10.0. The van der Waals surface area contributed by atoms with E-state index in [9.17, 15) is 4.79 Å². The van der Waals surface area contributed by atoms with Gasteiger partial charge in [-0.1, -0.05) is 26.8 Å². The zero-order chi connectivity index (χ0) is 25.6.